The predicted molar refractivity (Wildman–Crippen MR) is 97.0 cm³/mol. The molecule has 0 aliphatic rings. The lowest BCUT2D eigenvalue weighted by Gasteiger charge is -2.09. The smallest absolute Gasteiger partial charge is 0.173 e. The molecule has 3 rings (SSSR count). The number of methoxy groups -OCH3 is 2. The van der Waals surface area contributed by atoms with Gasteiger partial charge in [0.1, 0.15) is 5.52 Å². The van der Waals surface area contributed by atoms with Crippen molar-refractivity contribution in [2.45, 2.75) is 21.3 Å². The maximum absolute atomic E-state index is 13.5. The average molecular weight is 418 g/mol. The van der Waals surface area contributed by atoms with Crippen LogP contribution >= 0.6 is 0 Å². The molecule has 0 amide bonds. The van der Waals surface area contributed by atoms with Crippen LogP contribution in [0.1, 0.15) is 28.9 Å². The van der Waals surface area contributed by atoms with Gasteiger partial charge in [0.2, 0.25) is 0 Å². The lowest BCUT2D eigenvalue weighted by molar-refractivity contribution is 0.111. The topological polar surface area (TPSA) is 64.2 Å². The molecule has 10 heteroatoms. The van der Waals surface area contributed by atoms with E-state index in [2.05, 4.69) is 14.9 Å². The lowest BCUT2D eigenvalue weighted by atomic mass is 10.1. The minimum atomic E-state index is -1.39. The molecule has 0 spiro atoms. The van der Waals surface area contributed by atoms with Gasteiger partial charge in [0.15, 0.2) is 46.9 Å². The van der Waals surface area contributed by atoms with Crippen molar-refractivity contribution in [3.8, 4) is 11.5 Å². The van der Waals surface area contributed by atoms with Crippen molar-refractivity contribution in [3.05, 3.63) is 52.0 Å². The third-order valence-electron chi connectivity index (χ3n) is 4.02. The summed E-state index contributed by atoms with van der Waals surface area (Å²) in [7, 11) is 2.41. The standard InChI is InChI=1S/C9H7F3O2.C9H8F2N2O.CH4/c1-4-6(10)8(12)5(3-13)9(14-2)7(4)11;1-4-6(10)8-5(3-12-13-8)9(14-2)7(4)11;/h3H,1-2H3;3H,1-2H3,(H,12,13);1H4. The second-order valence-electron chi connectivity index (χ2n) is 5.58. The monoisotopic (exact) mass is 418 g/mol. The van der Waals surface area contributed by atoms with E-state index in [4.69, 9.17) is 4.74 Å². The lowest BCUT2D eigenvalue weighted by Crippen LogP contribution is -2.04. The van der Waals surface area contributed by atoms with Gasteiger partial charge in [0.05, 0.1) is 31.4 Å². The van der Waals surface area contributed by atoms with Crippen molar-refractivity contribution < 1.29 is 36.2 Å². The van der Waals surface area contributed by atoms with Crippen LogP contribution in [0.5, 0.6) is 11.5 Å². The van der Waals surface area contributed by atoms with E-state index in [9.17, 15) is 26.7 Å². The number of H-pyrrole nitrogens is 1. The van der Waals surface area contributed by atoms with Crippen LogP contribution in [0.2, 0.25) is 0 Å². The van der Waals surface area contributed by atoms with Gasteiger partial charge in [0, 0.05) is 11.1 Å². The highest BCUT2D eigenvalue weighted by molar-refractivity contribution is 5.86. The van der Waals surface area contributed by atoms with Crippen LogP contribution < -0.4 is 9.47 Å². The summed E-state index contributed by atoms with van der Waals surface area (Å²) in [5.74, 6) is -5.69. The molecule has 1 N–H and O–H groups in total. The first kappa shape index (κ1) is 23.9. The van der Waals surface area contributed by atoms with E-state index in [0.29, 0.717) is 5.39 Å². The van der Waals surface area contributed by atoms with Gasteiger partial charge in [-0.1, -0.05) is 7.43 Å². The Balaban J connectivity index is 0.000000280. The Morgan fingerprint density at radius 2 is 1.38 bits per heavy atom. The highest BCUT2D eigenvalue weighted by Crippen LogP contribution is 2.32. The highest BCUT2D eigenvalue weighted by atomic mass is 19.2. The fourth-order valence-electron chi connectivity index (χ4n) is 2.47. The Morgan fingerprint density at radius 1 is 0.862 bits per heavy atom. The molecule has 158 valence electrons. The van der Waals surface area contributed by atoms with Crippen LogP contribution in [0.3, 0.4) is 0 Å². The number of fused-ring (bicyclic) bond motifs is 1. The van der Waals surface area contributed by atoms with Crippen molar-refractivity contribution in [3.63, 3.8) is 0 Å². The van der Waals surface area contributed by atoms with Crippen LogP contribution in [-0.2, 0) is 0 Å². The van der Waals surface area contributed by atoms with Gasteiger partial charge in [-0.2, -0.15) is 5.10 Å². The molecule has 0 aliphatic heterocycles. The van der Waals surface area contributed by atoms with Gasteiger partial charge in [-0.25, -0.2) is 22.0 Å². The molecule has 0 radical (unpaired) electrons. The number of halogens is 5. The van der Waals surface area contributed by atoms with Crippen LogP contribution in [0.15, 0.2) is 6.20 Å². The average Bonchev–Trinajstić information content (AvgIpc) is 3.17. The minimum absolute atomic E-state index is 0. The van der Waals surface area contributed by atoms with Gasteiger partial charge in [-0.05, 0) is 13.8 Å². The Labute approximate surface area is 163 Å². The molecule has 0 aliphatic carbocycles. The first-order chi connectivity index (χ1) is 13.2. The quantitative estimate of drug-likeness (QED) is 0.368. The maximum atomic E-state index is 13.5. The zero-order chi connectivity index (χ0) is 21.2. The maximum Gasteiger partial charge on any atom is 0.173 e. The zero-order valence-electron chi connectivity index (χ0n) is 15.2. The largest absolute Gasteiger partial charge is 0.493 e. The Morgan fingerprint density at radius 3 is 1.90 bits per heavy atom. The zero-order valence-corrected chi connectivity index (χ0v) is 15.2. The number of aldehydes is 1. The van der Waals surface area contributed by atoms with Crippen LogP contribution in [-0.4, -0.2) is 30.7 Å². The molecular formula is C19H19F5N2O3. The number of nitrogens with zero attached hydrogens (tertiary/aromatic N) is 1. The number of benzene rings is 2. The van der Waals surface area contributed by atoms with Gasteiger partial charge in [-0.3, -0.25) is 9.89 Å². The number of rotatable bonds is 3. The van der Waals surface area contributed by atoms with E-state index in [-0.39, 0.29) is 30.5 Å². The molecule has 0 unspecified atom stereocenters. The minimum Gasteiger partial charge on any atom is -0.493 e. The Hall–Kier alpha value is -3.17. The normalized spacial score (nSPS) is 10.1. The van der Waals surface area contributed by atoms with E-state index in [1.807, 2.05) is 0 Å². The van der Waals surface area contributed by atoms with Gasteiger partial charge in [0.25, 0.3) is 0 Å². The number of ether oxygens (including phenoxy) is 2. The first-order valence-electron chi connectivity index (χ1n) is 7.71. The number of aromatic amines is 1. The number of carbonyl (C=O) groups is 1. The van der Waals surface area contributed by atoms with Gasteiger partial charge in [-0.15, -0.1) is 0 Å². The molecule has 0 saturated carbocycles. The summed E-state index contributed by atoms with van der Waals surface area (Å²) in [5, 5.41) is 6.41. The van der Waals surface area contributed by atoms with Crippen molar-refractivity contribution in [2.24, 2.45) is 0 Å². The molecule has 0 bridgehead atoms. The number of aromatic nitrogens is 2. The Kier molecular flexibility index (Phi) is 7.70. The third-order valence-corrected chi connectivity index (χ3v) is 4.02. The van der Waals surface area contributed by atoms with Gasteiger partial charge < -0.3 is 9.47 Å². The van der Waals surface area contributed by atoms with Crippen LogP contribution in [0.25, 0.3) is 10.9 Å². The van der Waals surface area contributed by atoms with E-state index >= 15 is 0 Å². The number of carbonyl (C=O) groups excluding carboxylic acids is 1. The molecule has 3 aromatic rings. The summed E-state index contributed by atoms with van der Waals surface area (Å²) >= 11 is 0. The SMILES string of the molecule is C.COc1c(F)c(C)c(F)c(F)c1C=O.COc1c(F)c(C)c(F)c2[nH]ncc12. The van der Waals surface area contributed by atoms with Crippen molar-refractivity contribution in [1.82, 2.24) is 10.2 Å². The van der Waals surface area contributed by atoms with Gasteiger partial charge >= 0.3 is 0 Å². The van der Waals surface area contributed by atoms with Crippen LogP contribution in [0, 0.1) is 42.9 Å². The summed E-state index contributed by atoms with van der Waals surface area (Å²) in [5.41, 5.74) is -1.16. The van der Waals surface area contributed by atoms with E-state index in [1.165, 1.54) is 20.2 Å². The second kappa shape index (κ2) is 9.35. The molecular weight excluding hydrogens is 399 g/mol. The summed E-state index contributed by atoms with van der Waals surface area (Å²) in [4.78, 5) is 10.4. The highest BCUT2D eigenvalue weighted by Gasteiger charge is 2.23. The molecule has 2 aromatic carbocycles. The van der Waals surface area contributed by atoms with Crippen molar-refractivity contribution in [1.29, 1.82) is 0 Å². The van der Waals surface area contributed by atoms with E-state index < -0.39 is 46.0 Å². The summed E-state index contributed by atoms with van der Waals surface area (Å²) in [6.07, 6.45) is 1.35. The predicted octanol–water partition coefficient (Wildman–Crippen LogP) is 5.03. The third kappa shape index (κ3) is 4.01. The molecule has 0 fully saturated rings. The molecule has 0 atom stereocenters. The van der Waals surface area contributed by atoms with Crippen molar-refractivity contribution >= 4 is 17.2 Å². The number of hydrogen-bond donors (Lipinski definition) is 1. The van der Waals surface area contributed by atoms with Crippen molar-refractivity contribution in [2.75, 3.05) is 14.2 Å². The molecule has 1 aromatic heterocycles. The van der Waals surface area contributed by atoms with E-state index in [1.54, 1.807) is 0 Å². The summed E-state index contributed by atoms with van der Waals surface area (Å²) in [6, 6.07) is 0. The number of hydrogen-bond acceptors (Lipinski definition) is 4. The summed E-state index contributed by atoms with van der Waals surface area (Å²) in [6.45, 7) is 2.41. The number of nitrogens with one attached hydrogen (secondary N) is 1. The summed E-state index contributed by atoms with van der Waals surface area (Å²) < 4.78 is 75.4. The Bertz CT molecular complexity index is 1050. The second-order valence-corrected chi connectivity index (χ2v) is 5.58. The van der Waals surface area contributed by atoms with Crippen LogP contribution in [0.4, 0.5) is 22.0 Å². The van der Waals surface area contributed by atoms with E-state index in [0.717, 1.165) is 14.0 Å². The molecule has 0 saturated heterocycles. The molecule has 5 nitrogen and oxygen atoms in total. The fraction of sp³-hybridized carbons (Fsp3) is 0.263. The first-order valence-corrected chi connectivity index (χ1v) is 7.71. The fourth-order valence-corrected chi connectivity index (χ4v) is 2.47. The molecule has 29 heavy (non-hydrogen) atoms. The molecule has 1 heterocycles.